The molecule has 0 spiro atoms. The summed E-state index contributed by atoms with van der Waals surface area (Å²) in [6.07, 6.45) is 1.15. The molecule has 0 amide bonds. The van der Waals surface area contributed by atoms with E-state index in [2.05, 4.69) is 14.9 Å². The van der Waals surface area contributed by atoms with Crippen molar-refractivity contribution in [3.8, 4) is 11.6 Å². The molecule has 1 fully saturated rings. The maximum Gasteiger partial charge on any atom is 0.255 e. The molecule has 23 heavy (non-hydrogen) atoms. The van der Waals surface area contributed by atoms with Crippen molar-refractivity contribution in [2.45, 2.75) is 0 Å². The van der Waals surface area contributed by atoms with Gasteiger partial charge in [-0.15, -0.1) is 0 Å². The molecule has 1 aromatic carbocycles. The molecule has 0 saturated carbocycles. The van der Waals surface area contributed by atoms with Gasteiger partial charge in [0.2, 0.25) is 11.8 Å². The molecule has 6 nitrogen and oxygen atoms in total. The van der Waals surface area contributed by atoms with Crippen LogP contribution in [-0.4, -0.2) is 50.4 Å². The molecule has 0 atom stereocenters. The number of ether oxygens (including phenoxy) is 2. The van der Waals surface area contributed by atoms with Crippen molar-refractivity contribution >= 4 is 11.6 Å². The first-order valence-electron chi connectivity index (χ1n) is 7.41. The molecule has 3 rings (SSSR count). The Morgan fingerprint density at radius 3 is 2.22 bits per heavy atom. The highest BCUT2D eigenvalue weighted by molar-refractivity contribution is 5.50. The fourth-order valence-corrected chi connectivity index (χ4v) is 2.60. The summed E-state index contributed by atoms with van der Waals surface area (Å²) in [4.78, 5) is 12.5. The van der Waals surface area contributed by atoms with Gasteiger partial charge in [-0.2, -0.15) is 9.37 Å². The summed E-state index contributed by atoms with van der Waals surface area (Å²) >= 11 is 0. The van der Waals surface area contributed by atoms with Crippen LogP contribution in [0.1, 0.15) is 0 Å². The summed E-state index contributed by atoms with van der Waals surface area (Å²) in [6.45, 7) is 3.21. The highest BCUT2D eigenvalue weighted by atomic mass is 19.1. The van der Waals surface area contributed by atoms with E-state index in [1.54, 1.807) is 7.11 Å². The van der Waals surface area contributed by atoms with E-state index in [0.717, 1.165) is 43.8 Å². The van der Waals surface area contributed by atoms with Gasteiger partial charge in [0.25, 0.3) is 5.88 Å². The molecule has 0 aliphatic carbocycles. The fraction of sp³-hybridized carbons (Fsp3) is 0.375. The van der Waals surface area contributed by atoms with Crippen LogP contribution in [0.25, 0.3) is 0 Å². The highest BCUT2D eigenvalue weighted by Gasteiger charge is 2.20. The van der Waals surface area contributed by atoms with Crippen LogP contribution >= 0.6 is 0 Å². The summed E-state index contributed by atoms with van der Waals surface area (Å²) in [5.74, 6) is 0.775. The largest absolute Gasteiger partial charge is 0.497 e. The number of rotatable bonds is 4. The second-order valence-corrected chi connectivity index (χ2v) is 5.20. The van der Waals surface area contributed by atoms with Crippen molar-refractivity contribution in [2.75, 3.05) is 50.2 Å². The van der Waals surface area contributed by atoms with Gasteiger partial charge in [0, 0.05) is 31.9 Å². The van der Waals surface area contributed by atoms with Gasteiger partial charge in [0.1, 0.15) is 5.75 Å². The van der Waals surface area contributed by atoms with Crippen molar-refractivity contribution in [3.63, 3.8) is 0 Å². The molecule has 1 aromatic heterocycles. The van der Waals surface area contributed by atoms with E-state index in [4.69, 9.17) is 9.47 Å². The summed E-state index contributed by atoms with van der Waals surface area (Å²) < 4.78 is 23.5. The van der Waals surface area contributed by atoms with Crippen LogP contribution in [0.2, 0.25) is 0 Å². The van der Waals surface area contributed by atoms with E-state index in [0.29, 0.717) is 5.95 Å². The van der Waals surface area contributed by atoms with Crippen LogP contribution < -0.4 is 19.3 Å². The predicted molar refractivity (Wildman–Crippen MR) is 86.0 cm³/mol. The van der Waals surface area contributed by atoms with Crippen LogP contribution in [0.4, 0.5) is 16.0 Å². The average molecular weight is 318 g/mol. The van der Waals surface area contributed by atoms with Gasteiger partial charge in [-0.25, -0.2) is 4.98 Å². The van der Waals surface area contributed by atoms with Crippen LogP contribution in [0, 0.1) is 5.82 Å². The molecule has 0 bridgehead atoms. The number of benzene rings is 1. The molecule has 0 radical (unpaired) electrons. The Labute approximate surface area is 134 Å². The molecule has 7 heteroatoms. The first kappa shape index (κ1) is 15.3. The molecule has 1 aliphatic heterocycles. The fourth-order valence-electron chi connectivity index (χ4n) is 2.60. The lowest BCUT2D eigenvalue weighted by Gasteiger charge is -2.36. The molecule has 1 saturated heterocycles. The van der Waals surface area contributed by atoms with Crippen LogP contribution in [-0.2, 0) is 0 Å². The minimum absolute atomic E-state index is 0.0208. The molecule has 2 aromatic rings. The zero-order valence-electron chi connectivity index (χ0n) is 13.2. The third-order valence-corrected chi connectivity index (χ3v) is 3.89. The van der Waals surface area contributed by atoms with Crippen molar-refractivity contribution < 1.29 is 13.9 Å². The molecule has 0 unspecified atom stereocenters. The number of nitrogens with zero attached hydrogens (tertiary/aromatic N) is 4. The maximum atomic E-state index is 13.4. The number of anilines is 2. The first-order valence-corrected chi connectivity index (χ1v) is 7.41. The molecular formula is C16H19FN4O2. The van der Waals surface area contributed by atoms with Crippen molar-refractivity contribution in [1.82, 2.24) is 9.97 Å². The van der Waals surface area contributed by atoms with Gasteiger partial charge in [-0.3, -0.25) is 0 Å². The Kier molecular flexibility index (Phi) is 4.45. The summed E-state index contributed by atoms with van der Waals surface area (Å²) in [5, 5.41) is 0. The minimum Gasteiger partial charge on any atom is -0.497 e. The van der Waals surface area contributed by atoms with Gasteiger partial charge < -0.3 is 19.3 Å². The molecule has 0 N–H and O–H groups in total. The van der Waals surface area contributed by atoms with E-state index >= 15 is 0 Å². The minimum atomic E-state index is -0.548. The van der Waals surface area contributed by atoms with E-state index in [1.807, 2.05) is 29.2 Å². The van der Waals surface area contributed by atoms with Gasteiger partial charge >= 0.3 is 0 Å². The monoisotopic (exact) mass is 318 g/mol. The Morgan fingerprint density at radius 2 is 1.61 bits per heavy atom. The van der Waals surface area contributed by atoms with Crippen LogP contribution in [0.5, 0.6) is 11.6 Å². The van der Waals surface area contributed by atoms with Gasteiger partial charge in [-0.05, 0) is 24.3 Å². The van der Waals surface area contributed by atoms with E-state index in [1.165, 1.54) is 7.11 Å². The number of piperazine rings is 1. The topological polar surface area (TPSA) is 50.7 Å². The Morgan fingerprint density at radius 1 is 0.957 bits per heavy atom. The lowest BCUT2D eigenvalue weighted by Crippen LogP contribution is -2.47. The number of aromatic nitrogens is 2. The maximum absolute atomic E-state index is 13.4. The van der Waals surface area contributed by atoms with Gasteiger partial charge in [0.05, 0.1) is 20.4 Å². The van der Waals surface area contributed by atoms with Crippen molar-refractivity contribution in [3.05, 3.63) is 36.3 Å². The van der Waals surface area contributed by atoms with E-state index in [9.17, 15) is 4.39 Å². The predicted octanol–water partition coefficient (Wildman–Crippen LogP) is 1.96. The summed E-state index contributed by atoms with van der Waals surface area (Å²) in [6, 6.07) is 8.00. The molecular weight excluding hydrogens is 299 g/mol. The van der Waals surface area contributed by atoms with Gasteiger partial charge in [0.15, 0.2) is 0 Å². The summed E-state index contributed by atoms with van der Waals surface area (Å²) in [7, 11) is 3.06. The Hall–Kier alpha value is -2.57. The standard InChI is InChI=1S/C16H19FN4O2/c1-22-13-5-3-12(4-6-13)20-7-9-21(10-8-20)16-18-11-14(17)15(19-16)23-2/h3-6,11H,7-10H2,1-2H3. The number of hydrogen-bond donors (Lipinski definition) is 0. The van der Waals surface area contributed by atoms with Crippen LogP contribution in [0.15, 0.2) is 30.5 Å². The van der Waals surface area contributed by atoms with Crippen LogP contribution in [0.3, 0.4) is 0 Å². The van der Waals surface area contributed by atoms with Crippen molar-refractivity contribution in [1.29, 1.82) is 0 Å². The third kappa shape index (κ3) is 3.28. The second-order valence-electron chi connectivity index (χ2n) is 5.20. The number of methoxy groups -OCH3 is 2. The van der Waals surface area contributed by atoms with Gasteiger partial charge in [-0.1, -0.05) is 0 Å². The molecule has 1 aliphatic rings. The van der Waals surface area contributed by atoms with E-state index < -0.39 is 5.82 Å². The summed E-state index contributed by atoms with van der Waals surface area (Å²) in [5.41, 5.74) is 1.16. The average Bonchev–Trinajstić information content (AvgIpc) is 2.62. The number of halogens is 1. The Balaban J connectivity index is 1.65. The SMILES string of the molecule is COc1ccc(N2CCN(c3ncc(F)c(OC)n3)CC2)cc1. The first-order chi connectivity index (χ1) is 11.2. The Bertz CT molecular complexity index is 658. The molecule has 122 valence electrons. The zero-order valence-corrected chi connectivity index (χ0v) is 13.2. The highest BCUT2D eigenvalue weighted by Crippen LogP contribution is 2.22. The van der Waals surface area contributed by atoms with E-state index in [-0.39, 0.29) is 5.88 Å². The molecule has 2 heterocycles. The quantitative estimate of drug-likeness (QED) is 0.859. The normalized spacial score (nSPS) is 14.7. The lowest BCUT2D eigenvalue weighted by molar-refractivity contribution is 0.366. The zero-order chi connectivity index (χ0) is 16.2. The lowest BCUT2D eigenvalue weighted by atomic mass is 10.2. The second kappa shape index (κ2) is 6.68. The smallest absolute Gasteiger partial charge is 0.255 e. The third-order valence-electron chi connectivity index (χ3n) is 3.89. The number of hydrogen-bond acceptors (Lipinski definition) is 6. The van der Waals surface area contributed by atoms with Crippen molar-refractivity contribution in [2.24, 2.45) is 0 Å².